The van der Waals surface area contributed by atoms with Crippen LogP contribution in [-0.4, -0.2) is 28.2 Å². The lowest BCUT2D eigenvalue weighted by Gasteiger charge is -2.21. The number of benzene rings is 1. The highest BCUT2D eigenvalue weighted by Gasteiger charge is 2.28. The minimum atomic E-state index is -3.72. The SMILES string of the molecule is CCn1ncnc1CN(c1nccs1)S(=O)(=O)c1ccccc1. The minimum absolute atomic E-state index is 0.0819. The van der Waals surface area contributed by atoms with Crippen molar-refractivity contribution < 1.29 is 8.42 Å². The van der Waals surface area contributed by atoms with E-state index in [1.54, 1.807) is 46.6 Å². The van der Waals surface area contributed by atoms with E-state index in [0.29, 0.717) is 17.5 Å². The van der Waals surface area contributed by atoms with Crippen LogP contribution in [0.5, 0.6) is 0 Å². The number of anilines is 1. The summed E-state index contributed by atoms with van der Waals surface area (Å²) in [6.45, 7) is 2.63. The first kappa shape index (κ1) is 15.6. The number of aryl methyl sites for hydroxylation is 1. The number of rotatable bonds is 6. The Labute approximate surface area is 138 Å². The van der Waals surface area contributed by atoms with Crippen LogP contribution >= 0.6 is 11.3 Å². The molecule has 0 bridgehead atoms. The number of hydrogen-bond acceptors (Lipinski definition) is 6. The molecule has 3 aromatic rings. The number of nitrogens with zero attached hydrogens (tertiary/aromatic N) is 5. The van der Waals surface area contributed by atoms with Gasteiger partial charge in [0, 0.05) is 18.1 Å². The average molecular weight is 349 g/mol. The van der Waals surface area contributed by atoms with Crippen molar-refractivity contribution in [3.63, 3.8) is 0 Å². The lowest BCUT2D eigenvalue weighted by molar-refractivity contribution is 0.580. The topological polar surface area (TPSA) is 81.0 Å². The highest BCUT2D eigenvalue weighted by atomic mass is 32.2. The second-order valence-electron chi connectivity index (χ2n) is 4.63. The molecule has 0 saturated heterocycles. The summed E-state index contributed by atoms with van der Waals surface area (Å²) >= 11 is 1.27. The van der Waals surface area contributed by atoms with Gasteiger partial charge in [-0.15, -0.1) is 11.3 Å². The van der Waals surface area contributed by atoms with Crippen molar-refractivity contribution in [2.45, 2.75) is 24.9 Å². The highest BCUT2D eigenvalue weighted by molar-refractivity contribution is 7.93. The van der Waals surface area contributed by atoms with Crippen molar-refractivity contribution in [3.8, 4) is 0 Å². The Morgan fingerprint density at radius 3 is 2.65 bits per heavy atom. The van der Waals surface area contributed by atoms with Crippen molar-refractivity contribution in [3.05, 3.63) is 54.1 Å². The van der Waals surface area contributed by atoms with Gasteiger partial charge in [0.25, 0.3) is 10.0 Å². The molecule has 0 radical (unpaired) electrons. The van der Waals surface area contributed by atoms with Crippen LogP contribution in [0.4, 0.5) is 5.13 Å². The maximum absolute atomic E-state index is 13.0. The van der Waals surface area contributed by atoms with Gasteiger partial charge in [-0.1, -0.05) is 18.2 Å². The van der Waals surface area contributed by atoms with Crippen LogP contribution in [0.15, 0.2) is 53.1 Å². The van der Waals surface area contributed by atoms with Crippen molar-refractivity contribution in [1.29, 1.82) is 0 Å². The third-order valence-electron chi connectivity index (χ3n) is 3.24. The minimum Gasteiger partial charge on any atom is -0.249 e. The molecule has 0 amide bonds. The Bertz CT molecular complexity index is 860. The fourth-order valence-corrected chi connectivity index (χ4v) is 4.38. The van der Waals surface area contributed by atoms with Crippen LogP contribution in [0.2, 0.25) is 0 Å². The third kappa shape index (κ3) is 3.10. The Kier molecular flexibility index (Phi) is 4.39. The molecule has 0 aliphatic rings. The molecule has 0 saturated carbocycles. The molecule has 9 heteroatoms. The normalized spacial score (nSPS) is 11.5. The molecule has 120 valence electrons. The number of aromatic nitrogens is 4. The van der Waals surface area contributed by atoms with Crippen LogP contribution in [0.25, 0.3) is 0 Å². The molecule has 2 aromatic heterocycles. The summed E-state index contributed by atoms with van der Waals surface area (Å²) in [5.74, 6) is 0.571. The molecule has 2 heterocycles. The van der Waals surface area contributed by atoms with E-state index in [0.717, 1.165) is 0 Å². The number of thiazole rings is 1. The third-order valence-corrected chi connectivity index (χ3v) is 5.90. The monoisotopic (exact) mass is 349 g/mol. The summed E-state index contributed by atoms with van der Waals surface area (Å²) in [5, 5.41) is 6.24. The zero-order valence-electron chi connectivity index (χ0n) is 12.4. The molecule has 0 aliphatic heterocycles. The quantitative estimate of drug-likeness (QED) is 0.681. The standard InChI is InChI=1S/C14H15N5O2S2/c1-2-18-13(16-11-17-18)10-19(14-15-8-9-22-14)23(20,21)12-6-4-3-5-7-12/h3-9,11H,2,10H2,1H3. The van der Waals surface area contributed by atoms with Crippen LogP contribution in [0.3, 0.4) is 0 Å². The molecular weight excluding hydrogens is 334 g/mol. The molecule has 0 N–H and O–H groups in total. The Hall–Kier alpha value is -2.26. The fourth-order valence-electron chi connectivity index (χ4n) is 2.12. The predicted molar refractivity (Wildman–Crippen MR) is 87.6 cm³/mol. The van der Waals surface area contributed by atoms with Gasteiger partial charge < -0.3 is 0 Å². The van der Waals surface area contributed by atoms with E-state index in [1.807, 2.05) is 6.92 Å². The van der Waals surface area contributed by atoms with E-state index in [4.69, 9.17) is 0 Å². The molecule has 0 unspecified atom stereocenters. The van der Waals surface area contributed by atoms with Crippen LogP contribution in [0, 0.1) is 0 Å². The van der Waals surface area contributed by atoms with Crippen molar-refractivity contribution in [1.82, 2.24) is 19.7 Å². The molecule has 7 nitrogen and oxygen atoms in total. The van der Waals surface area contributed by atoms with E-state index in [1.165, 1.54) is 22.0 Å². The zero-order valence-corrected chi connectivity index (χ0v) is 14.0. The Balaban J connectivity index is 2.04. The van der Waals surface area contributed by atoms with Gasteiger partial charge in [-0.3, -0.25) is 0 Å². The van der Waals surface area contributed by atoms with Gasteiger partial charge in [-0.2, -0.15) is 5.10 Å². The Morgan fingerprint density at radius 2 is 2.00 bits per heavy atom. The molecule has 1 aromatic carbocycles. The van der Waals surface area contributed by atoms with E-state index < -0.39 is 10.0 Å². The summed E-state index contributed by atoms with van der Waals surface area (Å²) < 4.78 is 28.9. The summed E-state index contributed by atoms with van der Waals surface area (Å²) in [7, 11) is -3.72. The molecule has 0 atom stereocenters. The summed E-state index contributed by atoms with van der Waals surface area (Å²) in [6, 6.07) is 8.31. The second-order valence-corrected chi connectivity index (χ2v) is 7.37. The van der Waals surface area contributed by atoms with Gasteiger partial charge in [-0.05, 0) is 19.1 Å². The first-order valence-electron chi connectivity index (χ1n) is 6.97. The Morgan fingerprint density at radius 1 is 1.22 bits per heavy atom. The zero-order chi connectivity index (χ0) is 16.3. The van der Waals surface area contributed by atoms with Gasteiger partial charge >= 0.3 is 0 Å². The van der Waals surface area contributed by atoms with E-state index >= 15 is 0 Å². The smallest absolute Gasteiger partial charge is 0.249 e. The van der Waals surface area contributed by atoms with E-state index in [2.05, 4.69) is 15.1 Å². The van der Waals surface area contributed by atoms with Crippen molar-refractivity contribution >= 4 is 26.5 Å². The number of sulfonamides is 1. The molecule has 3 rings (SSSR count). The van der Waals surface area contributed by atoms with Crippen LogP contribution in [-0.2, 0) is 23.1 Å². The predicted octanol–water partition coefficient (Wildman–Crippen LogP) is 2.15. The van der Waals surface area contributed by atoms with E-state index in [-0.39, 0.29) is 11.4 Å². The van der Waals surface area contributed by atoms with Gasteiger partial charge in [0.15, 0.2) is 5.13 Å². The fraction of sp³-hybridized carbons (Fsp3) is 0.214. The van der Waals surface area contributed by atoms with Crippen molar-refractivity contribution in [2.75, 3.05) is 4.31 Å². The van der Waals surface area contributed by atoms with E-state index in [9.17, 15) is 8.42 Å². The van der Waals surface area contributed by atoms with Crippen molar-refractivity contribution in [2.24, 2.45) is 0 Å². The van der Waals surface area contributed by atoms with Crippen LogP contribution in [0.1, 0.15) is 12.7 Å². The average Bonchev–Trinajstić information content (AvgIpc) is 3.24. The second kappa shape index (κ2) is 6.47. The molecule has 0 aliphatic carbocycles. The van der Waals surface area contributed by atoms with Gasteiger partial charge in [0.2, 0.25) is 0 Å². The number of hydrogen-bond donors (Lipinski definition) is 0. The van der Waals surface area contributed by atoms with Gasteiger partial charge in [-0.25, -0.2) is 27.4 Å². The summed E-state index contributed by atoms with van der Waals surface area (Å²) in [6.07, 6.45) is 3.01. The summed E-state index contributed by atoms with van der Waals surface area (Å²) in [4.78, 5) is 8.54. The lowest BCUT2D eigenvalue weighted by atomic mass is 10.4. The first-order chi connectivity index (χ1) is 11.1. The van der Waals surface area contributed by atoms with Crippen LogP contribution < -0.4 is 4.31 Å². The maximum atomic E-state index is 13.0. The molecule has 0 fully saturated rings. The molecule has 23 heavy (non-hydrogen) atoms. The largest absolute Gasteiger partial charge is 0.266 e. The highest BCUT2D eigenvalue weighted by Crippen LogP contribution is 2.27. The molecule has 0 spiro atoms. The lowest BCUT2D eigenvalue weighted by Crippen LogP contribution is -2.31. The first-order valence-corrected chi connectivity index (χ1v) is 9.29. The van der Waals surface area contributed by atoms with Gasteiger partial charge in [0.05, 0.1) is 11.4 Å². The molecular formula is C14H15N5O2S2. The maximum Gasteiger partial charge on any atom is 0.266 e. The van der Waals surface area contributed by atoms with Gasteiger partial charge in [0.1, 0.15) is 12.2 Å². The summed E-state index contributed by atoms with van der Waals surface area (Å²) in [5.41, 5.74) is 0.